The molecule has 1 aliphatic rings. The molecule has 0 aliphatic carbocycles. The highest BCUT2D eigenvalue weighted by Gasteiger charge is 2.15. The SMILES string of the molecule is CN=C(NCCCOCC1CCOC1)NCc1ccc(Br)cc1.I. The summed E-state index contributed by atoms with van der Waals surface area (Å²) in [6.45, 7) is 4.93. The molecule has 2 N–H and O–H groups in total. The summed E-state index contributed by atoms with van der Waals surface area (Å²) in [4.78, 5) is 4.23. The minimum absolute atomic E-state index is 0. The van der Waals surface area contributed by atoms with Crippen LogP contribution in [0.4, 0.5) is 0 Å². The second-order valence-electron chi connectivity index (χ2n) is 5.64. The molecule has 0 spiro atoms. The molecule has 1 unspecified atom stereocenters. The van der Waals surface area contributed by atoms with Crippen LogP contribution < -0.4 is 10.6 Å². The molecule has 1 aliphatic heterocycles. The Balaban J connectivity index is 0.00000288. The van der Waals surface area contributed by atoms with Gasteiger partial charge in [-0.2, -0.15) is 0 Å². The van der Waals surface area contributed by atoms with Crippen LogP contribution in [0.3, 0.4) is 0 Å². The molecule has 1 fully saturated rings. The third-order valence-corrected chi connectivity index (χ3v) is 4.26. The van der Waals surface area contributed by atoms with Crippen molar-refractivity contribution < 1.29 is 9.47 Å². The lowest BCUT2D eigenvalue weighted by Crippen LogP contribution is -2.37. The predicted octanol–water partition coefficient (Wildman–Crippen LogP) is 3.18. The van der Waals surface area contributed by atoms with Gasteiger partial charge in [-0.25, -0.2) is 0 Å². The molecule has 24 heavy (non-hydrogen) atoms. The molecule has 1 aromatic carbocycles. The van der Waals surface area contributed by atoms with Crippen molar-refractivity contribution >= 4 is 45.9 Å². The van der Waals surface area contributed by atoms with Crippen molar-refractivity contribution in [2.45, 2.75) is 19.4 Å². The van der Waals surface area contributed by atoms with Gasteiger partial charge in [0.05, 0.1) is 13.2 Å². The monoisotopic (exact) mass is 511 g/mol. The van der Waals surface area contributed by atoms with Crippen molar-refractivity contribution in [3.8, 4) is 0 Å². The predicted molar refractivity (Wildman–Crippen MR) is 112 cm³/mol. The van der Waals surface area contributed by atoms with Gasteiger partial charge in [0, 0.05) is 43.7 Å². The van der Waals surface area contributed by atoms with E-state index in [-0.39, 0.29) is 24.0 Å². The quantitative estimate of drug-likeness (QED) is 0.243. The Kier molecular flexibility index (Phi) is 11.7. The van der Waals surface area contributed by atoms with Crippen LogP contribution in [-0.4, -0.2) is 46.0 Å². The summed E-state index contributed by atoms with van der Waals surface area (Å²) in [6.07, 6.45) is 2.09. The third kappa shape index (κ3) is 8.64. The Labute approximate surface area is 170 Å². The molecular weight excluding hydrogens is 485 g/mol. The number of aliphatic imine (C=N–C) groups is 1. The van der Waals surface area contributed by atoms with Crippen molar-refractivity contribution in [1.29, 1.82) is 0 Å². The topological polar surface area (TPSA) is 54.9 Å². The molecule has 0 radical (unpaired) electrons. The summed E-state index contributed by atoms with van der Waals surface area (Å²) < 4.78 is 12.1. The highest BCUT2D eigenvalue weighted by Crippen LogP contribution is 2.12. The summed E-state index contributed by atoms with van der Waals surface area (Å²) in [5.41, 5.74) is 1.22. The number of hydrogen-bond donors (Lipinski definition) is 2. The van der Waals surface area contributed by atoms with Crippen LogP contribution >= 0.6 is 39.9 Å². The number of guanidine groups is 1. The average Bonchev–Trinajstić information content (AvgIpc) is 3.08. The second kappa shape index (κ2) is 12.9. The van der Waals surface area contributed by atoms with Gasteiger partial charge in [0.25, 0.3) is 0 Å². The van der Waals surface area contributed by atoms with Gasteiger partial charge in [0.1, 0.15) is 0 Å². The Bertz CT molecular complexity index is 479. The largest absolute Gasteiger partial charge is 0.381 e. The second-order valence-corrected chi connectivity index (χ2v) is 6.55. The number of hydrogen-bond acceptors (Lipinski definition) is 3. The van der Waals surface area contributed by atoms with E-state index in [4.69, 9.17) is 9.47 Å². The lowest BCUT2D eigenvalue weighted by molar-refractivity contribution is 0.0888. The number of nitrogens with zero attached hydrogens (tertiary/aromatic N) is 1. The van der Waals surface area contributed by atoms with Gasteiger partial charge >= 0.3 is 0 Å². The van der Waals surface area contributed by atoms with E-state index in [0.29, 0.717) is 5.92 Å². The number of nitrogens with one attached hydrogen (secondary N) is 2. The first kappa shape index (κ1) is 21.7. The standard InChI is InChI=1S/C17H26BrN3O2.HI/c1-19-17(21-11-14-3-5-16(18)6-4-14)20-8-2-9-22-12-15-7-10-23-13-15;/h3-6,15H,2,7-13H2,1H3,(H2,19,20,21);1H. The van der Waals surface area contributed by atoms with E-state index in [0.717, 1.165) is 62.8 Å². The molecule has 5 nitrogen and oxygen atoms in total. The van der Waals surface area contributed by atoms with Crippen LogP contribution in [0, 0.1) is 5.92 Å². The first-order valence-electron chi connectivity index (χ1n) is 8.12. The Morgan fingerprint density at radius 3 is 2.79 bits per heavy atom. The van der Waals surface area contributed by atoms with Gasteiger partial charge in [-0.3, -0.25) is 4.99 Å². The van der Waals surface area contributed by atoms with Crippen LogP contribution in [0.2, 0.25) is 0 Å². The van der Waals surface area contributed by atoms with Crippen LogP contribution in [0.5, 0.6) is 0 Å². The maximum absolute atomic E-state index is 5.69. The fourth-order valence-corrected chi connectivity index (χ4v) is 2.62. The van der Waals surface area contributed by atoms with Crippen molar-refractivity contribution in [3.05, 3.63) is 34.3 Å². The summed E-state index contributed by atoms with van der Waals surface area (Å²) in [5, 5.41) is 6.61. The molecular formula is C17H27BrIN3O2. The van der Waals surface area contributed by atoms with E-state index in [2.05, 4.69) is 43.7 Å². The number of ether oxygens (including phenoxy) is 2. The zero-order valence-electron chi connectivity index (χ0n) is 14.1. The molecule has 7 heteroatoms. The smallest absolute Gasteiger partial charge is 0.191 e. The van der Waals surface area contributed by atoms with Crippen molar-refractivity contribution in [2.75, 3.05) is 40.0 Å². The molecule has 0 amide bonds. The third-order valence-electron chi connectivity index (χ3n) is 3.73. The van der Waals surface area contributed by atoms with Crippen LogP contribution in [-0.2, 0) is 16.0 Å². The summed E-state index contributed by atoms with van der Waals surface area (Å²) in [6, 6.07) is 8.26. The maximum Gasteiger partial charge on any atom is 0.191 e. The number of halogens is 2. The molecule has 2 rings (SSSR count). The molecule has 0 saturated carbocycles. The molecule has 0 aromatic heterocycles. The summed E-state index contributed by atoms with van der Waals surface area (Å²) in [7, 11) is 1.79. The number of benzene rings is 1. The summed E-state index contributed by atoms with van der Waals surface area (Å²) >= 11 is 3.44. The molecule has 1 aromatic rings. The highest BCUT2D eigenvalue weighted by atomic mass is 127. The lowest BCUT2D eigenvalue weighted by Gasteiger charge is -2.13. The van der Waals surface area contributed by atoms with E-state index in [9.17, 15) is 0 Å². The Morgan fingerprint density at radius 1 is 1.33 bits per heavy atom. The molecule has 0 bridgehead atoms. The van der Waals surface area contributed by atoms with Gasteiger partial charge in [-0.15, -0.1) is 24.0 Å². The fraction of sp³-hybridized carbons (Fsp3) is 0.588. The van der Waals surface area contributed by atoms with Gasteiger partial charge in [0.2, 0.25) is 0 Å². The minimum Gasteiger partial charge on any atom is -0.381 e. The highest BCUT2D eigenvalue weighted by molar-refractivity contribution is 14.0. The first-order chi connectivity index (χ1) is 11.3. The zero-order valence-corrected chi connectivity index (χ0v) is 18.0. The van der Waals surface area contributed by atoms with Gasteiger partial charge < -0.3 is 20.1 Å². The Hall–Kier alpha value is -0.380. The average molecular weight is 512 g/mol. The van der Waals surface area contributed by atoms with Gasteiger partial charge in [0.15, 0.2) is 5.96 Å². The fourth-order valence-electron chi connectivity index (χ4n) is 2.35. The molecule has 1 atom stereocenters. The zero-order chi connectivity index (χ0) is 16.3. The van der Waals surface area contributed by atoms with Crippen LogP contribution in [0.1, 0.15) is 18.4 Å². The first-order valence-corrected chi connectivity index (χ1v) is 8.91. The normalized spacial score (nSPS) is 17.4. The van der Waals surface area contributed by atoms with Gasteiger partial charge in [-0.1, -0.05) is 28.1 Å². The maximum atomic E-state index is 5.69. The van der Waals surface area contributed by atoms with E-state index >= 15 is 0 Å². The molecule has 1 saturated heterocycles. The lowest BCUT2D eigenvalue weighted by atomic mass is 10.1. The van der Waals surface area contributed by atoms with E-state index < -0.39 is 0 Å². The van der Waals surface area contributed by atoms with E-state index in [1.807, 2.05) is 12.1 Å². The van der Waals surface area contributed by atoms with Crippen molar-refractivity contribution in [2.24, 2.45) is 10.9 Å². The van der Waals surface area contributed by atoms with Crippen molar-refractivity contribution in [1.82, 2.24) is 10.6 Å². The molecule has 1 heterocycles. The van der Waals surface area contributed by atoms with Crippen LogP contribution in [0.25, 0.3) is 0 Å². The van der Waals surface area contributed by atoms with Gasteiger partial charge in [-0.05, 0) is 30.5 Å². The van der Waals surface area contributed by atoms with E-state index in [1.165, 1.54) is 5.56 Å². The number of rotatable bonds is 8. The summed E-state index contributed by atoms with van der Waals surface area (Å²) in [5.74, 6) is 1.40. The molecule has 136 valence electrons. The van der Waals surface area contributed by atoms with Crippen molar-refractivity contribution in [3.63, 3.8) is 0 Å². The van der Waals surface area contributed by atoms with E-state index in [1.54, 1.807) is 7.05 Å². The minimum atomic E-state index is 0. The van der Waals surface area contributed by atoms with Crippen LogP contribution in [0.15, 0.2) is 33.7 Å². The Morgan fingerprint density at radius 2 is 2.12 bits per heavy atom.